The summed E-state index contributed by atoms with van der Waals surface area (Å²) < 4.78 is 0. The van der Waals surface area contributed by atoms with E-state index in [0.29, 0.717) is 21.6 Å². The molecule has 0 unspecified atom stereocenters. The van der Waals surface area contributed by atoms with Gasteiger partial charge < -0.3 is 5.32 Å². The highest BCUT2D eigenvalue weighted by Crippen LogP contribution is 2.32. The zero-order valence-corrected chi connectivity index (χ0v) is 17.8. The van der Waals surface area contributed by atoms with Crippen molar-refractivity contribution in [1.82, 2.24) is 4.98 Å². The molecule has 1 heterocycles. The number of benzene rings is 2. The van der Waals surface area contributed by atoms with Crippen LogP contribution in [-0.4, -0.2) is 16.6 Å². The molecule has 0 aliphatic rings. The van der Waals surface area contributed by atoms with Gasteiger partial charge in [-0.25, -0.2) is 4.98 Å². The maximum Gasteiger partial charge on any atom is 0.226 e. The predicted octanol–water partition coefficient (Wildman–Crippen LogP) is 6.94. The molecule has 0 radical (unpaired) electrons. The number of carbonyl (C=O) groups is 1. The third-order valence-corrected chi connectivity index (χ3v) is 6.20. The fourth-order valence-electron chi connectivity index (χ4n) is 2.39. The molecule has 0 saturated carbocycles. The minimum atomic E-state index is -0.0254. The van der Waals surface area contributed by atoms with E-state index < -0.39 is 0 Å². The summed E-state index contributed by atoms with van der Waals surface area (Å²) in [5.74, 6) is 0.877. The van der Waals surface area contributed by atoms with Crippen LogP contribution >= 0.6 is 46.3 Å². The van der Waals surface area contributed by atoms with Crippen LogP contribution in [0.3, 0.4) is 0 Å². The lowest BCUT2D eigenvalue weighted by Crippen LogP contribution is -2.11. The van der Waals surface area contributed by atoms with Crippen molar-refractivity contribution in [2.75, 3.05) is 11.1 Å². The Kier molecular flexibility index (Phi) is 7.19. The largest absolute Gasteiger partial charge is 0.302 e. The Labute approximate surface area is 177 Å². The number of amides is 1. The number of nitrogens with zero attached hydrogens (tertiary/aromatic N) is 1. The summed E-state index contributed by atoms with van der Waals surface area (Å²) in [4.78, 5) is 17.8. The molecular formula is C20H18Cl2N2OS2. The van der Waals surface area contributed by atoms with Crippen LogP contribution < -0.4 is 5.32 Å². The van der Waals surface area contributed by atoms with Gasteiger partial charge in [0, 0.05) is 27.3 Å². The number of carbonyl (C=O) groups excluding carboxylic acids is 1. The van der Waals surface area contributed by atoms with Crippen molar-refractivity contribution < 1.29 is 4.79 Å². The molecular weight excluding hydrogens is 419 g/mol. The van der Waals surface area contributed by atoms with Crippen LogP contribution in [0, 0.1) is 6.92 Å². The highest BCUT2D eigenvalue weighted by atomic mass is 35.5. The van der Waals surface area contributed by atoms with E-state index in [-0.39, 0.29) is 5.91 Å². The van der Waals surface area contributed by atoms with Crippen LogP contribution in [0.25, 0.3) is 11.3 Å². The average molecular weight is 437 g/mol. The number of rotatable bonds is 7. The zero-order chi connectivity index (χ0) is 19.2. The average Bonchev–Trinajstić information content (AvgIpc) is 3.08. The van der Waals surface area contributed by atoms with Gasteiger partial charge in [-0.1, -0.05) is 40.9 Å². The van der Waals surface area contributed by atoms with Crippen LogP contribution in [0.1, 0.15) is 18.4 Å². The molecule has 0 atom stereocenters. The first kappa shape index (κ1) is 20.2. The minimum Gasteiger partial charge on any atom is -0.302 e. The summed E-state index contributed by atoms with van der Waals surface area (Å²) in [7, 11) is 0. The number of anilines is 1. The highest BCUT2D eigenvalue weighted by Gasteiger charge is 2.11. The first-order valence-electron chi connectivity index (χ1n) is 8.41. The molecule has 3 rings (SSSR count). The summed E-state index contributed by atoms with van der Waals surface area (Å²) >= 11 is 15.3. The van der Waals surface area contributed by atoms with Crippen molar-refractivity contribution in [1.29, 1.82) is 0 Å². The Morgan fingerprint density at radius 2 is 1.96 bits per heavy atom. The van der Waals surface area contributed by atoms with Crippen molar-refractivity contribution in [3.63, 3.8) is 0 Å². The fourth-order valence-corrected chi connectivity index (χ4v) is 4.48. The summed E-state index contributed by atoms with van der Waals surface area (Å²) in [6.45, 7) is 2.07. The van der Waals surface area contributed by atoms with Gasteiger partial charge in [-0.05, 0) is 49.4 Å². The molecule has 1 amide bonds. The lowest BCUT2D eigenvalue weighted by Gasteiger charge is -2.03. The second-order valence-corrected chi connectivity index (χ2v) is 8.85. The van der Waals surface area contributed by atoms with E-state index in [1.165, 1.54) is 21.8 Å². The van der Waals surface area contributed by atoms with Crippen molar-refractivity contribution >= 4 is 57.3 Å². The van der Waals surface area contributed by atoms with Crippen LogP contribution in [-0.2, 0) is 4.79 Å². The van der Waals surface area contributed by atoms with Crippen molar-refractivity contribution in [2.45, 2.75) is 24.7 Å². The van der Waals surface area contributed by atoms with Gasteiger partial charge >= 0.3 is 0 Å². The minimum absolute atomic E-state index is 0.0254. The van der Waals surface area contributed by atoms with Gasteiger partial charge in [0.1, 0.15) is 0 Å². The van der Waals surface area contributed by atoms with Crippen molar-refractivity contribution in [3.8, 4) is 11.3 Å². The number of thiazole rings is 1. The lowest BCUT2D eigenvalue weighted by atomic mass is 10.2. The van der Waals surface area contributed by atoms with Gasteiger partial charge in [-0.15, -0.1) is 23.1 Å². The Morgan fingerprint density at radius 1 is 1.19 bits per heavy atom. The molecule has 140 valence electrons. The Morgan fingerprint density at radius 3 is 2.70 bits per heavy atom. The first-order valence-corrected chi connectivity index (χ1v) is 11.0. The monoisotopic (exact) mass is 436 g/mol. The third kappa shape index (κ3) is 5.98. The molecule has 3 aromatic rings. The molecule has 0 bridgehead atoms. The number of aryl methyl sites for hydroxylation is 1. The quantitative estimate of drug-likeness (QED) is 0.322. The van der Waals surface area contributed by atoms with Crippen molar-refractivity contribution in [3.05, 3.63) is 63.5 Å². The van der Waals surface area contributed by atoms with Gasteiger partial charge in [0.05, 0.1) is 10.7 Å². The Balaban J connectivity index is 1.47. The van der Waals surface area contributed by atoms with Crippen LogP contribution in [0.5, 0.6) is 0 Å². The summed E-state index contributed by atoms with van der Waals surface area (Å²) in [5.41, 5.74) is 2.78. The van der Waals surface area contributed by atoms with E-state index >= 15 is 0 Å². The maximum atomic E-state index is 12.1. The van der Waals surface area contributed by atoms with Gasteiger partial charge in [0.2, 0.25) is 5.91 Å². The Hall–Kier alpha value is -1.53. The summed E-state index contributed by atoms with van der Waals surface area (Å²) in [6, 6.07) is 13.7. The predicted molar refractivity (Wildman–Crippen MR) is 117 cm³/mol. The number of halogens is 2. The SMILES string of the molecule is Cc1ccc(SCCCC(=O)Nc2nc(-c3ccc(Cl)cc3Cl)cs2)cc1. The normalized spacial score (nSPS) is 10.8. The van der Waals surface area contributed by atoms with Gasteiger partial charge in [-0.3, -0.25) is 4.79 Å². The van der Waals surface area contributed by atoms with E-state index in [1.54, 1.807) is 23.9 Å². The standard InChI is InChI=1S/C20H18Cl2N2OS2/c1-13-4-7-15(8-5-13)26-10-2-3-19(25)24-20-23-18(12-27-20)16-9-6-14(21)11-17(16)22/h4-9,11-12H,2-3,10H2,1H3,(H,23,24,25). The van der Waals surface area contributed by atoms with E-state index in [2.05, 4.69) is 41.5 Å². The Bertz CT molecular complexity index is 926. The highest BCUT2D eigenvalue weighted by molar-refractivity contribution is 7.99. The smallest absolute Gasteiger partial charge is 0.226 e. The molecule has 1 N–H and O–H groups in total. The molecule has 7 heteroatoms. The molecule has 0 aliphatic heterocycles. The lowest BCUT2D eigenvalue weighted by molar-refractivity contribution is -0.116. The molecule has 0 aliphatic carbocycles. The molecule has 27 heavy (non-hydrogen) atoms. The molecule has 0 spiro atoms. The van der Waals surface area contributed by atoms with E-state index in [4.69, 9.17) is 23.2 Å². The number of aromatic nitrogens is 1. The third-order valence-electron chi connectivity index (χ3n) is 3.80. The molecule has 0 saturated heterocycles. The van der Waals surface area contributed by atoms with Gasteiger partial charge in [0.25, 0.3) is 0 Å². The number of hydrogen-bond donors (Lipinski definition) is 1. The maximum absolute atomic E-state index is 12.1. The number of thioether (sulfide) groups is 1. The number of hydrogen-bond acceptors (Lipinski definition) is 4. The van der Waals surface area contributed by atoms with Crippen molar-refractivity contribution in [2.24, 2.45) is 0 Å². The van der Waals surface area contributed by atoms with Crippen LogP contribution in [0.15, 0.2) is 52.7 Å². The molecule has 2 aromatic carbocycles. The first-order chi connectivity index (χ1) is 13.0. The molecule has 3 nitrogen and oxygen atoms in total. The topological polar surface area (TPSA) is 42.0 Å². The fraction of sp³-hybridized carbons (Fsp3) is 0.200. The second kappa shape index (κ2) is 9.60. The summed E-state index contributed by atoms with van der Waals surface area (Å²) in [5, 5.41) is 6.43. The molecule has 0 fully saturated rings. The summed E-state index contributed by atoms with van der Waals surface area (Å²) in [6.07, 6.45) is 1.28. The number of nitrogens with one attached hydrogen (secondary N) is 1. The van der Waals surface area contributed by atoms with E-state index in [1.807, 2.05) is 11.4 Å². The van der Waals surface area contributed by atoms with E-state index in [0.717, 1.165) is 23.4 Å². The second-order valence-electron chi connectivity index (χ2n) is 5.98. The molecule has 1 aromatic heterocycles. The van der Waals surface area contributed by atoms with Gasteiger partial charge in [-0.2, -0.15) is 0 Å². The van der Waals surface area contributed by atoms with Crippen LogP contribution in [0.4, 0.5) is 5.13 Å². The van der Waals surface area contributed by atoms with Gasteiger partial charge in [0.15, 0.2) is 5.13 Å². The zero-order valence-electron chi connectivity index (χ0n) is 14.7. The van der Waals surface area contributed by atoms with Crippen LogP contribution in [0.2, 0.25) is 10.0 Å². The van der Waals surface area contributed by atoms with E-state index in [9.17, 15) is 4.79 Å².